The van der Waals surface area contributed by atoms with Gasteiger partial charge in [-0.25, -0.2) is 14.3 Å². The minimum atomic E-state index is -4.09. The molecule has 140 valence electrons. The van der Waals surface area contributed by atoms with E-state index in [1.54, 1.807) is 43.3 Å². The number of carbonyl (C=O) groups excluding carboxylic acids is 1. The molecular weight excluding hydrogens is 358 g/mol. The van der Waals surface area contributed by atoms with Crippen molar-refractivity contribution in [1.29, 1.82) is 0 Å². The number of nitrogens with zero attached hydrogens (tertiary/aromatic N) is 1. The van der Waals surface area contributed by atoms with Crippen molar-refractivity contribution in [2.75, 3.05) is 25.1 Å². The number of hydrazine groups is 1. The van der Waals surface area contributed by atoms with Crippen LogP contribution >= 0.6 is 0 Å². The fraction of sp³-hybridized carbons (Fsp3) is 0.235. The van der Waals surface area contributed by atoms with E-state index in [-0.39, 0.29) is 16.3 Å². The molecule has 0 heterocycles. The Morgan fingerprint density at radius 3 is 2.31 bits per heavy atom. The zero-order valence-electron chi connectivity index (χ0n) is 14.7. The maximum Gasteiger partial charge on any atom is 0.268 e. The first-order chi connectivity index (χ1) is 12.3. The summed E-state index contributed by atoms with van der Waals surface area (Å²) in [7, 11) is -1.21. The number of anilines is 1. The number of benzene rings is 2. The summed E-state index contributed by atoms with van der Waals surface area (Å²) in [6, 6.07) is 11.1. The lowest BCUT2D eigenvalue weighted by molar-refractivity contribution is -0.119. The number of methoxy groups -OCH3 is 2. The summed E-state index contributed by atoms with van der Waals surface area (Å²) >= 11 is 0. The summed E-state index contributed by atoms with van der Waals surface area (Å²) in [4.78, 5) is 11.8. The van der Waals surface area contributed by atoms with Gasteiger partial charge < -0.3 is 9.47 Å². The molecule has 0 aliphatic heterocycles. The Morgan fingerprint density at radius 1 is 1.12 bits per heavy atom. The van der Waals surface area contributed by atoms with Gasteiger partial charge in [0, 0.05) is 0 Å². The molecule has 0 radical (unpaired) electrons. The summed E-state index contributed by atoms with van der Waals surface area (Å²) in [5, 5.41) is 0. The molecule has 8 nitrogen and oxygen atoms in total. The summed E-state index contributed by atoms with van der Waals surface area (Å²) < 4.78 is 37.8. The highest BCUT2D eigenvalue weighted by molar-refractivity contribution is 7.93. The Bertz CT molecular complexity index is 882. The quantitative estimate of drug-likeness (QED) is 0.425. The smallest absolute Gasteiger partial charge is 0.268 e. The van der Waals surface area contributed by atoms with Gasteiger partial charge in [0.2, 0.25) is 0 Å². The number of aryl methyl sites for hydroxylation is 1. The van der Waals surface area contributed by atoms with Crippen LogP contribution in [0.25, 0.3) is 0 Å². The molecule has 2 aromatic carbocycles. The molecule has 26 heavy (non-hydrogen) atoms. The van der Waals surface area contributed by atoms with Gasteiger partial charge in [-0.1, -0.05) is 6.07 Å². The van der Waals surface area contributed by atoms with Gasteiger partial charge >= 0.3 is 0 Å². The van der Waals surface area contributed by atoms with Crippen molar-refractivity contribution >= 4 is 21.6 Å². The molecule has 0 aliphatic rings. The normalized spacial score (nSPS) is 10.9. The van der Waals surface area contributed by atoms with Crippen molar-refractivity contribution in [3.05, 3.63) is 48.0 Å². The standard InChI is InChI=1S/C17H21N3O5S/c1-12-4-9-15(25-3)16(10-12)26(22,23)20(11-17(21)19-18)13-5-7-14(24-2)8-6-13/h4-10H,11,18H2,1-3H3,(H,19,21). The van der Waals surface area contributed by atoms with E-state index in [2.05, 4.69) is 0 Å². The summed E-state index contributed by atoms with van der Waals surface area (Å²) in [5.74, 6) is 5.22. The fourth-order valence-electron chi connectivity index (χ4n) is 2.34. The molecule has 3 N–H and O–H groups in total. The zero-order valence-corrected chi connectivity index (χ0v) is 15.5. The van der Waals surface area contributed by atoms with Gasteiger partial charge in [-0.3, -0.25) is 14.5 Å². The molecule has 0 unspecified atom stereocenters. The van der Waals surface area contributed by atoms with Crippen LogP contribution in [0.5, 0.6) is 11.5 Å². The molecule has 2 aromatic rings. The van der Waals surface area contributed by atoms with Crippen LogP contribution in [0.1, 0.15) is 5.56 Å². The van der Waals surface area contributed by atoms with Crippen LogP contribution in [-0.4, -0.2) is 35.1 Å². The first-order valence-corrected chi connectivity index (χ1v) is 9.08. The second kappa shape index (κ2) is 8.07. The van der Waals surface area contributed by atoms with Crippen molar-refractivity contribution in [3.63, 3.8) is 0 Å². The molecule has 0 atom stereocenters. The predicted molar refractivity (Wildman–Crippen MR) is 97.6 cm³/mol. The van der Waals surface area contributed by atoms with Gasteiger partial charge in [-0.05, 0) is 48.9 Å². The van der Waals surface area contributed by atoms with Crippen molar-refractivity contribution in [2.24, 2.45) is 5.84 Å². The maximum atomic E-state index is 13.3. The number of nitrogens with two attached hydrogens (primary N) is 1. The number of hydrogen-bond donors (Lipinski definition) is 2. The monoisotopic (exact) mass is 379 g/mol. The van der Waals surface area contributed by atoms with E-state index < -0.39 is 22.5 Å². The van der Waals surface area contributed by atoms with Gasteiger partial charge in [-0.2, -0.15) is 0 Å². The summed E-state index contributed by atoms with van der Waals surface area (Å²) in [6.45, 7) is 1.28. The average Bonchev–Trinajstić information content (AvgIpc) is 2.65. The summed E-state index contributed by atoms with van der Waals surface area (Å²) in [5.41, 5.74) is 2.98. The Hall–Kier alpha value is -2.78. The molecule has 0 fully saturated rings. The first-order valence-electron chi connectivity index (χ1n) is 7.64. The van der Waals surface area contributed by atoms with E-state index >= 15 is 0 Å². The Balaban J connectivity index is 2.59. The Labute approximate surface area is 152 Å². The van der Waals surface area contributed by atoms with Crippen molar-refractivity contribution < 1.29 is 22.7 Å². The van der Waals surface area contributed by atoms with Crippen LogP contribution < -0.4 is 25.0 Å². The molecule has 0 aliphatic carbocycles. The summed E-state index contributed by atoms with van der Waals surface area (Å²) in [6.07, 6.45) is 0. The van der Waals surface area contributed by atoms with Crippen LogP contribution in [0.4, 0.5) is 5.69 Å². The van der Waals surface area contributed by atoms with E-state index in [0.717, 1.165) is 9.87 Å². The number of ether oxygens (including phenoxy) is 2. The second-order valence-electron chi connectivity index (χ2n) is 5.43. The van der Waals surface area contributed by atoms with Gasteiger partial charge in [0.25, 0.3) is 15.9 Å². The molecule has 2 rings (SSSR count). The topological polar surface area (TPSA) is 111 Å². The van der Waals surface area contributed by atoms with Crippen LogP contribution in [0.15, 0.2) is 47.4 Å². The van der Waals surface area contributed by atoms with Gasteiger partial charge in [0.1, 0.15) is 22.9 Å². The lowest BCUT2D eigenvalue weighted by Gasteiger charge is -2.25. The molecule has 0 saturated heterocycles. The highest BCUT2D eigenvalue weighted by atomic mass is 32.2. The van der Waals surface area contributed by atoms with E-state index in [0.29, 0.717) is 5.75 Å². The second-order valence-corrected chi connectivity index (χ2v) is 7.26. The lowest BCUT2D eigenvalue weighted by Crippen LogP contribution is -2.43. The van der Waals surface area contributed by atoms with Crippen LogP contribution in [-0.2, 0) is 14.8 Å². The first kappa shape index (κ1) is 19.5. The number of amides is 1. The number of rotatable bonds is 7. The van der Waals surface area contributed by atoms with Gasteiger partial charge in [-0.15, -0.1) is 0 Å². The minimum Gasteiger partial charge on any atom is -0.497 e. The van der Waals surface area contributed by atoms with Crippen molar-refractivity contribution in [1.82, 2.24) is 5.43 Å². The predicted octanol–water partition coefficient (Wildman–Crippen LogP) is 1.20. The molecular formula is C17H21N3O5S. The lowest BCUT2D eigenvalue weighted by atomic mass is 10.2. The molecule has 1 amide bonds. The highest BCUT2D eigenvalue weighted by Crippen LogP contribution is 2.31. The Morgan fingerprint density at radius 2 is 1.77 bits per heavy atom. The third kappa shape index (κ3) is 4.06. The molecule has 0 aromatic heterocycles. The number of nitrogens with one attached hydrogen (secondary N) is 1. The van der Waals surface area contributed by atoms with Crippen LogP contribution in [0, 0.1) is 6.92 Å². The maximum absolute atomic E-state index is 13.3. The average molecular weight is 379 g/mol. The largest absolute Gasteiger partial charge is 0.497 e. The Kier molecular flexibility index (Phi) is 6.06. The van der Waals surface area contributed by atoms with Crippen molar-refractivity contribution in [2.45, 2.75) is 11.8 Å². The third-order valence-electron chi connectivity index (χ3n) is 3.70. The third-order valence-corrected chi connectivity index (χ3v) is 5.49. The number of sulfonamides is 1. The van der Waals surface area contributed by atoms with Crippen LogP contribution in [0.3, 0.4) is 0 Å². The number of hydrogen-bond acceptors (Lipinski definition) is 6. The molecule has 9 heteroatoms. The van der Waals surface area contributed by atoms with Gasteiger partial charge in [0.15, 0.2) is 0 Å². The van der Waals surface area contributed by atoms with E-state index in [9.17, 15) is 13.2 Å². The molecule has 0 saturated carbocycles. The fourth-order valence-corrected chi connectivity index (χ4v) is 4.01. The van der Waals surface area contributed by atoms with Crippen molar-refractivity contribution in [3.8, 4) is 11.5 Å². The molecule has 0 bridgehead atoms. The zero-order chi connectivity index (χ0) is 19.3. The minimum absolute atomic E-state index is 0.0411. The highest BCUT2D eigenvalue weighted by Gasteiger charge is 2.30. The van der Waals surface area contributed by atoms with Crippen LogP contribution in [0.2, 0.25) is 0 Å². The van der Waals surface area contributed by atoms with Gasteiger partial charge in [0.05, 0.1) is 19.9 Å². The SMILES string of the molecule is COc1ccc(N(CC(=O)NN)S(=O)(=O)c2cc(C)ccc2OC)cc1. The van der Waals surface area contributed by atoms with E-state index in [1.807, 2.05) is 5.43 Å². The van der Waals surface area contributed by atoms with E-state index in [4.69, 9.17) is 15.3 Å². The molecule has 0 spiro atoms. The number of carbonyl (C=O) groups is 1. The van der Waals surface area contributed by atoms with E-state index in [1.165, 1.54) is 20.3 Å².